The molecule has 2 aliphatic rings. The first-order chi connectivity index (χ1) is 18.7. The van der Waals surface area contributed by atoms with Crippen molar-refractivity contribution < 1.29 is 28.9 Å². The molecule has 1 aliphatic carbocycles. The highest BCUT2D eigenvalue weighted by atomic mass is 19.1. The van der Waals surface area contributed by atoms with Gasteiger partial charge in [0, 0.05) is 50.2 Å². The molecule has 8 heteroatoms. The molecule has 0 spiro atoms. The highest BCUT2D eigenvalue weighted by Gasteiger charge is 2.45. The van der Waals surface area contributed by atoms with Crippen LogP contribution in [0.4, 0.5) is 4.39 Å². The van der Waals surface area contributed by atoms with E-state index in [1.165, 1.54) is 6.07 Å². The van der Waals surface area contributed by atoms with Crippen LogP contribution in [0.2, 0.25) is 0 Å². The van der Waals surface area contributed by atoms with Gasteiger partial charge in [-0.1, -0.05) is 18.2 Å². The Morgan fingerprint density at radius 2 is 2.00 bits per heavy atom. The first-order valence-electron chi connectivity index (χ1n) is 14.1. The Bertz CT molecular complexity index is 1130. The minimum absolute atomic E-state index is 0.0173. The number of hydrogen-bond donors (Lipinski definition) is 3. The minimum atomic E-state index is -1.37. The first-order valence-corrected chi connectivity index (χ1v) is 14.1. The van der Waals surface area contributed by atoms with Crippen molar-refractivity contribution in [3.8, 4) is 16.9 Å². The molecule has 39 heavy (non-hydrogen) atoms. The number of amides is 1. The number of aliphatic hydroxyl groups excluding tert-OH is 1. The van der Waals surface area contributed by atoms with Gasteiger partial charge in [-0.3, -0.25) is 4.79 Å². The summed E-state index contributed by atoms with van der Waals surface area (Å²) in [5.74, 6) is -0.406. The normalized spacial score (nSPS) is 24.9. The lowest BCUT2D eigenvalue weighted by Gasteiger charge is -2.44. The maximum atomic E-state index is 15.7. The number of nitrogens with zero attached hydrogens (tertiary/aromatic N) is 1. The Labute approximate surface area is 231 Å². The number of aryl methyl sites for hydroxylation is 1. The van der Waals surface area contributed by atoms with Crippen molar-refractivity contribution in [1.82, 2.24) is 4.90 Å². The lowest BCUT2D eigenvalue weighted by atomic mass is 9.71. The molecule has 214 valence electrons. The number of halogens is 1. The van der Waals surface area contributed by atoms with Gasteiger partial charge in [0.25, 0.3) is 0 Å². The SMILES string of the molecule is COCCCC[C@@](O)(c1cccc(F)c1-c1cc(C)cc(OC)c1)[C@@H]1CCCN(C(=O)[C@H]2C[C@@H](N)[C@@H](O)C2)C1. The molecule has 4 N–H and O–H groups in total. The molecule has 1 aliphatic heterocycles. The van der Waals surface area contributed by atoms with Crippen LogP contribution in [0.25, 0.3) is 11.1 Å². The Hall–Kier alpha value is -2.52. The number of carbonyl (C=O) groups is 1. The van der Waals surface area contributed by atoms with Gasteiger partial charge in [-0.05, 0) is 86.8 Å². The van der Waals surface area contributed by atoms with E-state index in [4.69, 9.17) is 15.2 Å². The summed E-state index contributed by atoms with van der Waals surface area (Å²) in [7, 11) is 3.23. The van der Waals surface area contributed by atoms with Crippen LogP contribution in [0, 0.1) is 24.6 Å². The number of rotatable bonds is 10. The fourth-order valence-corrected chi connectivity index (χ4v) is 6.46. The predicted octanol–water partition coefficient (Wildman–Crippen LogP) is 4.15. The molecule has 2 aromatic carbocycles. The molecule has 1 saturated heterocycles. The third-order valence-corrected chi connectivity index (χ3v) is 8.55. The number of unbranched alkanes of at least 4 members (excludes halogenated alkanes) is 1. The van der Waals surface area contributed by atoms with Gasteiger partial charge in [0.15, 0.2) is 0 Å². The number of ether oxygens (including phenoxy) is 2. The zero-order valence-electron chi connectivity index (χ0n) is 23.4. The van der Waals surface area contributed by atoms with Gasteiger partial charge in [0.05, 0.1) is 18.8 Å². The zero-order chi connectivity index (χ0) is 28.2. The molecular weight excluding hydrogens is 499 g/mol. The van der Waals surface area contributed by atoms with Crippen molar-refractivity contribution in [3.63, 3.8) is 0 Å². The number of methoxy groups -OCH3 is 2. The van der Waals surface area contributed by atoms with Gasteiger partial charge in [-0.25, -0.2) is 4.39 Å². The quantitative estimate of drug-likeness (QED) is 0.390. The van der Waals surface area contributed by atoms with Crippen LogP contribution >= 0.6 is 0 Å². The summed E-state index contributed by atoms with van der Waals surface area (Å²) in [6.45, 7) is 3.47. The van der Waals surface area contributed by atoms with E-state index in [1.54, 1.807) is 26.4 Å². The second-order valence-electron chi connectivity index (χ2n) is 11.3. The summed E-state index contributed by atoms with van der Waals surface area (Å²) in [5.41, 5.74) is 7.09. The molecule has 0 aromatic heterocycles. The predicted molar refractivity (Wildman–Crippen MR) is 149 cm³/mol. The maximum absolute atomic E-state index is 15.7. The van der Waals surface area contributed by atoms with Crippen molar-refractivity contribution in [2.24, 2.45) is 17.6 Å². The molecule has 0 bridgehead atoms. The Morgan fingerprint density at radius 1 is 1.21 bits per heavy atom. The van der Waals surface area contributed by atoms with Crippen LogP contribution in [0.15, 0.2) is 36.4 Å². The summed E-state index contributed by atoms with van der Waals surface area (Å²) in [6.07, 6.45) is 3.47. The third kappa shape index (κ3) is 6.46. The number of nitrogens with two attached hydrogens (primary N) is 1. The van der Waals surface area contributed by atoms with Gasteiger partial charge in [0.2, 0.25) is 5.91 Å². The van der Waals surface area contributed by atoms with Gasteiger partial charge in [0.1, 0.15) is 11.6 Å². The second-order valence-corrected chi connectivity index (χ2v) is 11.3. The molecular formula is C31H43FN2O5. The number of aliphatic hydroxyl groups is 2. The van der Waals surface area contributed by atoms with Crippen LogP contribution in [-0.4, -0.2) is 67.1 Å². The van der Waals surface area contributed by atoms with E-state index in [9.17, 15) is 15.0 Å². The van der Waals surface area contributed by atoms with Crippen LogP contribution in [0.3, 0.4) is 0 Å². The highest BCUT2D eigenvalue weighted by molar-refractivity contribution is 5.79. The second kappa shape index (κ2) is 12.8. The van der Waals surface area contributed by atoms with E-state index >= 15 is 4.39 Å². The molecule has 0 unspecified atom stereocenters. The van der Waals surface area contributed by atoms with Crippen molar-refractivity contribution in [3.05, 3.63) is 53.3 Å². The van der Waals surface area contributed by atoms with Crippen molar-refractivity contribution >= 4 is 5.91 Å². The molecule has 5 atom stereocenters. The number of benzene rings is 2. The number of likely N-dealkylation sites (tertiary alicyclic amines) is 1. The fraction of sp³-hybridized carbons (Fsp3) is 0.581. The lowest BCUT2D eigenvalue weighted by Crippen LogP contribution is -2.49. The average molecular weight is 543 g/mol. The van der Waals surface area contributed by atoms with E-state index in [2.05, 4.69) is 0 Å². The highest BCUT2D eigenvalue weighted by Crippen LogP contribution is 2.45. The summed E-state index contributed by atoms with van der Waals surface area (Å²) >= 11 is 0. The summed E-state index contributed by atoms with van der Waals surface area (Å²) in [4.78, 5) is 15.3. The Morgan fingerprint density at radius 3 is 2.69 bits per heavy atom. The van der Waals surface area contributed by atoms with Crippen LogP contribution in [0.5, 0.6) is 5.75 Å². The molecule has 1 saturated carbocycles. The van der Waals surface area contributed by atoms with E-state index in [1.807, 2.05) is 30.0 Å². The monoisotopic (exact) mass is 542 g/mol. The number of hydrogen-bond acceptors (Lipinski definition) is 6. The Balaban J connectivity index is 1.71. The van der Waals surface area contributed by atoms with Crippen LogP contribution in [0.1, 0.15) is 56.1 Å². The first kappa shape index (κ1) is 29.5. The molecule has 1 amide bonds. The largest absolute Gasteiger partial charge is 0.497 e. The summed E-state index contributed by atoms with van der Waals surface area (Å²) < 4.78 is 26.4. The van der Waals surface area contributed by atoms with Gasteiger partial charge < -0.3 is 30.3 Å². The van der Waals surface area contributed by atoms with E-state index in [0.717, 1.165) is 18.4 Å². The van der Waals surface area contributed by atoms with Gasteiger partial charge in [-0.2, -0.15) is 0 Å². The zero-order valence-corrected chi connectivity index (χ0v) is 23.4. The number of piperidine rings is 1. The van der Waals surface area contributed by atoms with E-state index < -0.39 is 23.6 Å². The Kier molecular flexibility index (Phi) is 9.64. The van der Waals surface area contributed by atoms with Gasteiger partial charge in [-0.15, -0.1) is 0 Å². The molecule has 1 heterocycles. The van der Waals surface area contributed by atoms with Crippen molar-refractivity contribution in [2.45, 2.75) is 69.6 Å². The van der Waals surface area contributed by atoms with Crippen LogP contribution < -0.4 is 10.5 Å². The van der Waals surface area contributed by atoms with E-state index in [0.29, 0.717) is 74.2 Å². The van der Waals surface area contributed by atoms with Crippen molar-refractivity contribution in [2.75, 3.05) is 33.9 Å². The summed E-state index contributed by atoms with van der Waals surface area (Å²) in [6, 6.07) is 10.1. The molecule has 2 aromatic rings. The average Bonchev–Trinajstić information content (AvgIpc) is 3.27. The smallest absolute Gasteiger partial charge is 0.225 e. The van der Waals surface area contributed by atoms with Gasteiger partial charge >= 0.3 is 0 Å². The summed E-state index contributed by atoms with van der Waals surface area (Å²) in [5, 5.41) is 22.7. The lowest BCUT2D eigenvalue weighted by molar-refractivity contribution is -0.141. The van der Waals surface area contributed by atoms with Crippen molar-refractivity contribution in [1.29, 1.82) is 0 Å². The third-order valence-electron chi connectivity index (χ3n) is 8.55. The molecule has 4 rings (SSSR count). The van der Waals surface area contributed by atoms with E-state index in [-0.39, 0.29) is 17.7 Å². The molecule has 0 radical (unpaired) electrons. The maximum Gasteiger partial charge on any atom is 0.225 e. The molecule has 2 fully saturated rings. The molecule has 7 nitrogen and oxygen atoms in total. The topological polar surface area (TPSA) is 105 Å². The number of carbonyl (C=O) groups excluding carboxylic acids is 1. The standard InChI is InChI=1S/C31H43FN2O5/c1-20-14-21(16-24(15-20)39-3)29-25(9-6-10-26(29)32)31(37,11-4-5-13-38-2)23-8-7-12-34(19-23)30(36)22-17-27(33)28(35)18-22/h6,9-10,14-16,22-23,27-28,35,37H,4-5,7-8,11-13,17-19,33H2,1-3H3/t22-,23+,27+,28-,31-/m0/s1. The van der Waals surface area contributed by atoms with Crippen LogP contribution in [-0.2, 0) is 15.1 Å². The minimum Gasteiger partial charge on any atom is -0.497 e. The fourth-order valence-electron chi connectivity index (χ4n) is 6.46.